The fourth-order valence-corrected chi connectivity index (χ4v) is 2.25. The molecule has 1 heterocycles. The number of nitrogens with one attached hydrogen (secondary N) is 1. The van der Waals surface area contributed by atoms with Crippen molar-refractivity contribution in [3.05, 3.63) is 29.3 Å². The van der Waals surface area contributed by atoms with E-state index in [0.717, 1.165) is 6.42 Å². The van der Waals surface area contributed by atoms with E-state index in [0.29, 0.717) is 19.5 Å². The molecule has 2 nitrogen and oxygen atoms in total. The number of halogens is 4. The maximum absolute atomic E-state index is 13.6. The monoisotopic (exact) mass is 262 g/mol. The molecule has 0 bridgehead atoms. The van der Waals surface area contributed by atoms with Gasteiger partial charge in [0.2, 0.25) is 0 Å². The number of rotatable bonds is 2. The summed E-state index contributed by atoms with van der Waals surface area (Å²) < 4.78 is 53.5. The molecule has 1 aliphatic heterocycles. The van der Waals surface area contributed by atoms with Crippen LogP contribution in [0.2, 0.25) is 0 Å². The van der Waals surface area contributed by atoms with Crippen molar-refractivity contribution in [2.75, 3.05) is 25.0 Å². The normalized spacial score (nSPS) is 20.3. The maximum Gasteiger partial charge on any atom is 0.185 e. The van der Waals surface area contributed by atoms with Crippen molar-refractivity contribution in [2.24, 2.45) is 0 Å². The van der Waals surface area contributed by atoms with Gasteiger partial charge in [0.25, 0.3) is 0 Å². The lowest BCUT2D eigenvalue weighted by atomic mass is 10.0. The summed E-state index contributed by atoms with van der Waals surface area (Å²) in [6.45, 7) is 0.710. The van der Waals surface area contributed by atoms with E-state index in [-0.39, 0.29) is 12.1 Å². The summed E-state index contributed by atoms with van der Waals surface area (Å²) in [6.07, 6.45) is 1.58. The fraction of sp³-hybridized carbons (Fsp3) is 0.500. The molecule has 100 valence electrons. The number of hydrogen-bond donors (Lipinski definition) is 1. The quantitative estimate of drug-likeness (QED) is 0.650. The fourth-order valence-electron chi connectivity index (χ4n) is 2.25. The second-order valence-electron chi connectivity index (χ2n) is 4.39. The van der Waals surface area contributed by atoms with Crippen LogP contribution in [0.1, 0.15) is 12.8 Å². The number of likely N-dealkylation sites (N-methyl/N-ethyl adjacent to an activating group) is 1. The summed E-state index contributed by atoms with van der Waals surface area (Å²) in [5, 5.41) is 3.00. The third-order valence-electron chi connectivity index (χ3n) is 3.23. The van der Waals surface area contributed by atoms with Crippen molar-refractivity contribution in [1.29, 1.82) is 0 Å². The first-order valence-electron chi connectivity index (χ1n) is 5.79. The SMILES string of the molecule is CNC1CCCN(c2c(F)c(F)cc(F)c2F)C1. The molecule has 0 radical (unpaired) electrons. The van der Waals surface area contributed by atoms with Crippen LogP contribution < -0.4 is 10.2 Å². The largest absolute Gasteiger partial charge is 0.365 e. The standard InChI is InChI=1S/C12H14F4N2/c1-17-7-3-2-4-18(6-7)12-10(15)8(13)5-9(14)11(12)16/h5,7,17H,2-4,6H2,1H3. The Morgan fingerprint density at radius 2 is 1.78 bits per heavy atom. The van der Waals surface area contributed by atoms with Crippen LogP contribution in [0.15, 0.2) is 6.07 Å². The molecule has 1 aliphatic rings. The Morgan fingerprint density at radius 3 is 2.33 bits per heavy atom. The number of benzene rings is 1. The lowest BCUT2D eigenvalue weighted by Crippen LogP contribution is -2.45. The van der Waals surface area contributed by atoms with Crippen LogP contribution >= 0.6 is 0 Å². The van der Waals surface area contributed by atoms with E-state index >= 15 is 0 Å². The summed E-state index contributed by atoms with van der Waals surface area (Å²) >= 11 is 0. The third-order valence-corrected chi connectivity index (χ3v) is 3.23. The van der Waals surface area contributed by atoms with Gasteiger partial charge in [-0.1, -0.05) is 0 Å². The zero-order chi connectivity index (χ0) is 13.3. The Morgan fingerprint density at radius 1 is 1.17 bits per heavy atom. The van der Waals surface area contributed by atoms with E-state index in [2.05, 4.69) is 5.32 Å². The molecule has 18 heavy (non-hydrogen) atoms. The van der Waals surface area contributed by atoms with Crippen LogP contribution in [-0.4, -0.2) is 26.2 Å². The van der Waals surface area contributed by atoms with Crippen LogP contribution in [0.25, 0.3) is 0 Å². The van der Waals surface area contributed by atoms with Crippen molar-refractivity contribution in [3.8, 4) is 0 Å². The van der Waals surface area contributed by atoms with Crippen molar-refractivity contribution in [1.82, 2.24) is 5.32 Å². The second-order valence-corrected chi connectivity index (χ2v) is 4.39. The van der Waals surface area contributed by atoms with Gasteiger partial charge in [-0.3, -0.25) is 0 Å². The van der Waals surface area contributed by atoms with Crippen molar-refractivity contribution >= 4 is 5.69 Å². The summed E-state index contributed by atoms with van der Waals surface area (Å²) in [4.78, 5) is 1.35. The lowest BCUT2D eigenvalue weighted by Gasteiger charge is -2.34. The zero-order valence-electron chi connectivity index (χ0n) is 9.94. The average molecular weight is 262 g/mol. The first-order chi connectivity index (χ1) is 8.54. The number of piperidine rings is 1. The molecular weight excluding hydrogens is 248 g/mol. The summed E-state index contributed by atoms with van der Waals surface area (Å²) in [5.41, 5.74) is -0.604. The number of nitrogens with zero attached hydrogens (tertiary/aromatic N) is 1. The van der Waals surface area contributed by atoms with Gasteiger partial charge >= 0.3 is 0 Å². The molecule has 0 aromatic heterocycles. The predicted octanol–water partition coefficient (Wildman–Crippen LogP) is 2.43. The molecule has 1 fully saturated rings. The Bertz CT molecular complexity index is 424. The van der Waals surface area contributed by atoms with E-state index in [1.807, 2.05) is 0 Å². The molecule has 0 saturated carbocycles. The van der Waals surface area contributed by atoms with E-state index in [1.54, 1.807) is 7.05 Å². The molecule has 1 aromatic rings. The van der Waals surface area contributed by atoms with Crippen LogP contribution in [-0.2, 0) is 0 Å². The van der Waals surface area contributed by atoms with Gasteiger partial charge in [0.1, 0.15) is 5.69 Å². The lowest BCUT2D eigenvalue weighted by molar-refractivity contribution is 0.419. The first-order valence-corrected chi connectivity index (χ1v) is 5.79. The van der Waals surface area contributed by atoms with Gasteiger partial charge in [-0.2, -0.15) is 0 Å². The highest BCUT2D eigenvalue weighted by Crippen LogP contribution is 2.29. The highest BCUT2D eigenvalue weighted by molar-refractivity contribution is 5.50. The Hall–Kier alpha value is -1.30. The third kappa shape index (κ3) is 2.29. The summed E-state index contributed by atoms with van der Waals surface area (Å²) in [6, 6.07) is 0.289. The molecule has 1 aromatic carbocycles. The van der Waals surface area contributed by atoms with Crippen molar-refractivity contribution in [3.63, 3.8) is 0 Å². The van der Waals surface area contributed by atoms with Gasteiger partial charge in [-0.25, -0.2) is 17.6 Å². The molecule has 0 aliphatic carbocycles. The molecular formula is C12H14F4N2. The van der Waals surface area contributed by atoms with Crippen LogP contribution in [0.5, 0.6) is 0 Å². The van der Waals surface area contributed by atoms with E-state index in [1.165, 1.54) is 4.90 Å². The van der Waals surface area contributed by atoms with Gasteiger partial charge in [0.15, 0.2) is 23.3 Å². The Balaban J connectivity index is 2.38. The topological polar surface area (TPSA) is 15.3 Å². The smallest absolute Gasteiger partial charge is 0.185 e. The zero-order valence-corrected chi connectivity index (χ0v) is 9.94. The number of anilines is 1. The van der Waals surface area contributed by atoms with Crippen molar-refractivity contribution < 1.29 is 17.6 Å². The average Bonchev–Trinajstić information content (AvgIpc) is 2.37. The van der Waals surface area contributed by atoms with Gasteiger partial charge in [-0.15, -0.1) is 0 Å². The highest BCUT2D eigenvalue weighted by Gasteiger charge is 2.27. The van der Waals surface area contributed by atoms with Gasteiger partial charge in [0.05, 0.1) is 0 Å². The maximum atomic E-state index is 13.6. The van der Waals surface area contributed by atoms with Crippen LogP contribution in [0.4, 0.5) is 23.2 Å². The molecule has 1 atom stereocenters. The summed E-state index contributed by atoms with van der Waals surface area (Å²) in [5.74, 6) is -5.39. The van der Waals surface area contributed by atoms with Gasteiger partial charge < -0.3 is 10.2 Å². The predicted molar refractivity (Wildman–Crippen MR) is 60.6 cm³/mol. The van der Waals surface area contributed by atoms with E-state index in [9.17, 15) is 17.6 Å². The van der Waals surface area contributed by atoms with Crippen molar-refractivity contribution in [2.45, 2.75) is 18.9 Å². The Labute approximate surface area is 103 Å². The first kappa shape index (κ1) is 13.1. The highest BCUT2D eigenvalue weighted by atomic mass is 19.2. The minimum absolute atomic E-state index is 0.0591. The number of hydrogen-bond acceptors (Lipinski definition) is 2. The minimum atomic E-state index is -1.37. The molecule has 0 amide bonds. The van der Waals surface area contributed by atoms with Gasteiger partial charge in [-0.05, 0) is 19.9 Å². The second kappa shape index (κ2) is 5.14. The molecule has 1 N–H and O–H groups in total. The van der Waals surface area contributed by atoms with E-state index < -0.39 is 29.0 Å². The molecule has 1 saturated heterocycles. The van der Waals surface area contributed by atoms with Gasteiger partial charge in [0, 0.05) is 25.2 Å². The Kier molecular flexibility index (Phi) is 3.75. The van der Waals surface area contributed by atoms with E-state index in [4.69, 9.17) is 0 Å². The molecule has 2 rings (SSSR count). The van der Waals surface area contributed by atoms with Crippen LogP contribution in [0, 0.1) is 23.3 Å². The molecule has 6 heteroatoms. The van der Waals surface area contributed by atoms with Crippen LogP contribution in [0.3, 0.4) is 0 Å². The molecule has 0 spiro atoms. The minimum Gasteiger partial charge on any atom is -0.365 e. The summed E-state index contributed by atoms with van der Waals surface area (Å²) in [7, 11) is 1.74. The molecule has 1 unspecified atom stereocenters.